The van der Waals surface area contributed by atoms with Gasteiger partial charge in [-0.05, 0) is 25.1 Å². The number of carbonyl (C=O) groups excluding carboxylic acids is 1. The molecule has 92 valence electrons. The highest BCUT2D eigenvalue weighted by molar-refractivity contribution is 6.35. The second-order valence-corrected chi connectivity index (χ2v) is 3.96. The molecule has 0 saturated heterocycles. The van der Waals surface area contributed by atoms with E-state index in [-0.39, 0.29) is 13.2 Å². The lowest BCUT2D eigenvalue weighted by Gasteiger charge is -2.07. The van der Waals surface area contributed by atoms with E-state index in [1.165, 1.54) is 0 Å². The second kappa shape index (κ2) is 7.20. The Morgan fingerprint density at radius 2 is 2.18 bits per heavy atom. The Bertz CT molecular complexity index is 416. The summed E-state index contributed by atoms with van der Waals surface area (Å²) in [6.07, 6.45) is 3.53. The maximum absolute atomic E-state index is 11.2. The van der Waals surface area contributed by atoms with Crippen molar-refractivity contribution in [2.45, 2.75) is 6.92 Å². The predicted octanol–water partition coefficient (Wildman–Crippen LogP) is 3.49. The number of halogens is 2. The first-order valence-corrected chi connectivity index (χ1v) is 5.73. The first-order valence-electron chi connectivity index (χ1n) is 4.98. The molecule has 0 bridgehead atoms. The minimum absolute atomic E-state index is 0.182. The molecular weight excluding hydrogens is 263 g/mol. The van der Waals surface area contributed by atoms with Crippen LogP contribution in [0.15, 0.2) is 30.4 Å². The fourth-order valence-electron chi connectivity index (χ4n) is 1.01. The standard InChI is InChI=1S/C12H12Cl2O3/c1-2-3-6-16-12(15)8-17-11-5-4-9(13)7-10(11)14/h2-5,7H,6,8H2,1H3/b3-2+. The van der Waals surface area contributed by atoms with E-state index in [1.54, 1.807) is 30.4 Å². The van der Waals surface area contributed by atoms with Gasteiger partial charge in [0.1, 0.15) is 12.4 Å². The van der Waals surface area contributed by atoms with Crippen molar-refractivity contribution in [1.82, 2.24) is 0 Å². The Balaban J connectivity index is 2.42. The Kier molecular flexibility index (Phi) is 5.87. The molecule has 1 aromatic carbocycles. The topological polar surface area (TPSA) is 35.5 Å². The van der Waals surface area contributed by atoms with Crippen LogP contribution in [0.25, 0.3) is 0 Å². The molecule has 3 nitrogen and oxygen atoms in total. The summed E-state index contributed by atoms with van der Waals surface area (Å²) < 4.78 is 10.0. The average molecular weight is 275 g/mol. The quantitative estimate of drug-likeness (QED) is 0.609. The molecule has 0 aliphatic heterocycles. The number of allylic oxidation sites excluding steroid dienone is 1. The number of hydrogen-bond donors (Lipinski definition) is 0. The summed E-state index contributed by atoms with van der Waals surface area (Å²) in [5.41, 5.74) is 0. The smallest absolute Gasteiger partial charge is 0.344 e. The maximum atomic E-state index is 11.2. The van der Waals surface area contributed by atoms with Gasteiger partial charge in [0.15, 0.2) is 6.61 Å². The summed E-state index contributed by atoms with van der Waals surface area (Å²) in [5.74, 6) is -0.0480. The van der Waals surface area contributed by atoms with E-state index in [0.717, 1.165) is 0 Å². The van der Waals surface area contributed by atoms with Crippen molar-refractivity contribution in [1.29, 1.82) is 0 Å². The lowest BCUT2D eigenvalue weighted by Crippen LogP contribution is -2.15. The molecule has 0 aromatic heterocycles. The number of rotatable bonds is 5. The van der Waals surface area contributed by atoms with Gasteiger partial charge in [0.25, 0.3) is 0 Å². The zero-order valence-corrected chi connectivity index (χ0v) is 10.8. The van der Waals surface area contributed by atoms with Crippen molar-refractivity contribution < 1.29 is 14.3 Å². The third kappa shape index (κ3) is 5.11. The lowest BCUT2D eigenvalue weighted by molar-refractivity contribution is -0.144. The molecule has 0 amide bonds. The summed E-state index contributed by atoms with van der Waals surface area (Å²) in [6.45, 7) is 1.91. The Hall–Kier alpha value is -1.19. The highest BCUT2D eigenvalue weighted by Crippen LogP contribution is 2.27. The van der Waals surface area contributed by atoms with Gasteiger partial charge in [-0.25, -0.2) is 4.79 Å². The molecular formula is C12H12Cl2O3. The molecule has 5 heteroatoms. The predicted molar refractivity (Wildman–Crippen MR) is 67.7 cm³/mol. The second-order valence-electron chi connectivity index (χ2n) is 3.12. The molecule has 17 heavy (non-hydrogen) atoms. The minimum atomic E-state index is -0.450. The number of esters is 1. The summed E-state index contributed by atoms with van der Waals surface area (Å²) in [5, 5.41) is 0.872. The molecule has 0 fully saturated rings. The largest absolute Gasteiger partial charge is 0.480 e. The molecule has 0 unspecified atom stereocenters. The minimum Gasteiger partial charge on any atom is -0.480 e. The number of hydrogen-bond acceptors (Lipinski definition) is 3. The monoisotopic (exact) mass is 274 g/mol. The van der Waals surface area contributed by atoms with E-state index in [9.17, 15) is 4.79 Å². The zero-order chi connectivity index (χ0) is 12.7. The molecule has 0 radical (unpaired) electrons. The van der Waals surface area contributed by atoms with Crippen molar-refractivity contribution in [3.05, 3.63) is 40.4 Å². The van der Waals surface area contributed by atoms with Crippen LogP contribution in [-0.4, -0.2) is 19.2 Å². The van der Waals surface area contributed by atoms with Crippen LogP contribution in [-0.2, 0) is 9.53 Å². The van der Waals surface area contributed by atoms with E-state index < -0.39 is 5.97 Å². The summed E-state index contributed by atoms with van der Waals surface area (Å²) >= 11 is 11.6. The molecule has 1 aromatic rings. The summed E-state index contributed by atoms with van der Waals surface area (Å²) in [7, 11) is 0. The molecule has 0 spiro atoms. The van der Waals surface area contributed by atoms with E-state index >= 15 is 0 Å². The van der Waals surface area contributed by atoms with Crippen LogP contribution in [0.5, 0.6) is 5.75 Å². The third-order valence-corrected chi connectivity index (χ3v) is 2.35. The normalized spacial score (nSPS) is 10.5. The van der Waals surface area contributed by atoms with Gasteiger partial charge in [0.05, 0.1) is 5.02 Å². The highest BCUT2D eigenvalue weighted by atomic mass is 35.5. The maximum Gasteiger partial charge on any atom is 0.344 e. The van der Waals surface area contributed by atoms with Crippen LogP contribution in [0.1, 0.15) is 6.92 Å². The van der Waals surface area contributed by atoms with Crippen molar-refractivity contribution in [3.8, 4) is 5.75 Å². The van der Waals surface area contributed by atoms with Gasteiger partial charge in [-0.3, -0.25) is 0 Å². The van der Waals surface area contributed by atoms with Crippen LogP contribution in [0, 0.1) is 0 Å². The van der Waals surface area contributed by atoms with E-state index in [0.29, 0.717) is 15.8 Å². The summed E-state index contributed by atoms with van der Waals surface area (Å²) in [6, 6.07) is 4.78. The first-order chi connectivity index (χ1) is 8.13. The molecule has 0 aliphatic rings. The molecule has 0 saturated carbocycles. The van der Waals surface area contributed by atoms with Crippen LogP contribution < -0.4 is 4.74 Å². The number of benzene rings is 1. The summed E-state index contributed by atoms with van der Waals surface area (Å²) in [4.78, 5) is 11.2. The highest BCUT2D eigenvalue weighted by Gasteiger charge is 2.06. The van der Waals surface area contributed by atoms with E-state index in [4.69, 9.17) is 32.7 Å². The van der Waals surface area contributed by atoms with Crippen molar-refractivity contribution in [2.24, 2.45) is 0 Å². The van der Waals surface area contributed by atoms with Crippen molar-refractivity contribution >= 4 is 29.2 Å². The SMILES string of the molecule is C/C=C/COC(=O)COc1ccc(Cl)cc1Cl. The zero-order valence-electron chi connectivity index (χ0n) is 9.28. The molecule has 0 atom stereocenters. The number of carbonyl (C=O) groups is 1. The van der Waals surface area contributed by atoms with Gasteiger partial charge in [-0.2, -0.15) is 0 Å². The van der Waals surface area contributed by atoms with Gasteiger partial charge in [0, 0.05) is 5.02 Å². The third-order valence-electron chi connectivity index (χ3n) is 1.82. The van der Waals surface area contributed by atoms with Gasteiger partial charge >= 0.3 is 5.97 Å². The molecule has 0 aliphatic carbocycles. The Morgan fingerprint density at radius 1 is 1.41 bits per heavy atom. The Labute approximate surface area is 110 Å². The number of ether oxygens (including phenoxy) is 2. The lowest BCUT2D eigenvalue weighted by atomic mass is 10.3. The van der Waals surface area contributed by atoms with Crippen LogP contribution in [0.3, 0.4) is 0 Å². The van der Waals surface area contributed by atoms with Crippen molar-refractivity contribution in [2.75, 3.05) is 13.2 Å². The fourth-order valence-corrected chi connectivity index (χ4v) is 1.47. The molecule has 0 heterocycles. The van der Waals surface area contributed by atoms with E-state index in [1.807, 2.05) is 6.92 Å². The van der Waals surface area contributed by atoms with Crippen LogP contribution in [0.4, 0.5) is 0 Å². The van der Waals surface area contributed by atoms with Crippen molar-refractivity contribution in [3.63, 3.8) is 0 Å². The van der Waals surface area contributed by atoms with Gasteiger partial charge in [-0.15, -0.1) is 0 Å². The van der Waals surface area contributed by atoms with E-state index in [2.05, 4.69) is 0 Å². The first kappa shape index (κ1) is 13.9. The van der Waals surface area contributed by atoms with Gasteiger partial charge < -0.3 is 9.47 Å². The van der Waals surface area contributed by atoms with Gasteiger partial charge in [-0.1, -0.05) is 35.4 Å². The molecule has 1 rings (SSSR count). The Morgan fingerprint density at radius 3 is 2.82 bits per heavy atom. The van der Waals surface area contributed by atoms with Gasteiger partial charge in [0.2, 0.25) is 0 Å². The van der Waals surface area contributed by atoms with Crippen LogP contribution >= 0.6 is 23.2 Å². The average Bonchev–Trinajstić information content (AvgIpc) is 2.28. The fraction of sp³-hybridized carbons (Fsp3) is 0.250. The molecule has 0 N–H and O–H groups in total. The van der Waals surface area contributed by atoms with Crippen LogP contribution in [0.2, 0.25) is 10.0 Å².